The summed E-state index contributed by atoms with van der Waals surface area (Å²) in [5.74, 6) is -2.26. The highest BCUT2D eigenvalue weighted by Gasteiger charge is 2.18. The molecule has 1 amide bonds. The number of hydrogen-bond donors (Lipinski definition) is 1. The lowest BCUT2D eigenvalue weighted by atomic mass is 10.1. The minimum Gasteiger partial charge on any atom is -0.465 e. The van der Waals surface area contributed by atoms with Crippen molar-refractivity contribution >= 4 is 23.3 Å². The van der Waals surface area contributed by atoms with Gasteiger partial charge >= 0.3 is 11.7 Å². The number of nitro benzene ring substituents is 1. The van der Waals surface area contributed by atoms with Crippen LogP contribution in [0.15, 0.2) is 36.4 Å². The predicted octanol–water partition coefficient (Wildman–Crippen LogP) is 3.08. The average molecular weight is 332 g/mol. The number of esters is 1. The van der Waals surface area contributed by atoms with Crippen LogP contribution in [0.4, 0.5) is 15.8 Å². The summed E-state index contributed by atoms with van der Waals surface area (Å²) in [4.78, 5) is 33.6. The fourth-order valence-electron chi connectivity index (χ4n) is 1.99. The van der Waals surface area contributed by atoms with Crippen molar-refractivity contribution in [1.29, 1.82) is 0 Å². The second-order valence-electron chi connectivity index (χ2n) is 4.90. The molecule has 0 fully saturated rings. The van der Waals surface area contributed by atoms with Crippen LogP contribution in [0.5, 0.6) is 0 Å². The Morgan fingerprint density at radius 1 is 1.17 bits per heavy atom. The van der Waals surface area contributed by atoms with E-state index in [1.165, 1.54) is 13.2 Å². The highest BCUT2D eigenvalue weighted by atomic mass is 19.1. The van der Waals surface area contributed by atoms with Crippen molar-refractivity contribution in [2.24, 2.45) is 0 Å². The van der Waals surface area contributed by atoms with Gasteiger partial charge in [-0.3, -0.25) is 14.9 Å². The summed E-state index contributed by atoms with van der Waals surface area (Å²) in [5, 5.41) is 13.3. The molecule has 0 atom stereocenters. The first-order valence-electron chi connectivity index (χ1n) is 6.77. The van der Waals surface area contributed by atoms with Crippen molar-refractivity contribution < 1.29 is 23.6 Å². The zero-order valence-corrected chi connectivity index (χ0v) is 12.8. The number of rotatable bonds is 4. The van der Waals surface area contributed by atoms with Crippen LogP contribution >= 0.6 is 0 Å². The van der Waals surface area contributed by atoms with Crippen LogP contribution in [0, 0.1) is 22.9 Å². The Bertz CT molecular complexity index is 835. The SMILES string of the molecule is COC(=O)c1ccc(C)c(NC(=O)c2ccc(F)c([N+](=O)[O-])c2)c1. The summed E-state index contributed by atoms with van der Waals surface area (Å²) in [6.45, 7) is 1.71. The van der Waals surface area contributed by atoms with Gasteiger partial charge in [0.05, 0.1) is 17.6 Å². The van der Waals surface area contributed by atoms with Crippen molar-refractivity contribution in [3.05, 3.63) is 69.0 Å². The number of nitrogens with zero attached hydrogens (tertiary/aromatic N) is 1. The number of carbonyl (C=O) groups excluding carboxylic acids is 2. The van der Waals surface area contributed by atoms with Crippen LogP contribution in [0.2, 0.25) is 0 Å². The summed E-state index contributed by atoms with van der Waals surface area (Å²) in [7, 11) is 1.23. The first kappa shape index (κ1) is 17.1. The molecule has 0 radical (unpaired) electrons. The lowest BCUT2D eigenvalue weighted by molar-refractivity contribution is -0.387. The van der Waals surface area contributed by atoms with E-state index >= 15 is 0 Å². The van der Waals surface area contributed by atoms with E-state index in [-0.39, 0.29) is 11.1 Å². The van der Waals surface area contributed by atoms with Gasteiger partial charge in [-0.25, -0.2) is 4.79 Å². The molecule has 0 heterocycles. The smallest absolute Gasteiger partial charge is 0.337 e. The molecule has 2 aromatic rings. The van der Waals surface area contributed by atoms with Gasteiger partial charge in [-0.1, -0.05) is 6.07 Å². The van der Waals surface area contributed by atoms with E-state index in [2.05, 4.69) is 10.1 Å². The van der Waals surface area contributed by atoms with Crippen molar-refractivity contribution in [3.63, 3.8) is 0 Å². The summed E-state index contributed by atoms with van der Waals surface area (Å²) in [6, 6.07) is 7.43. The molecule has 124 valence electrons. The summed E-state index contributed by atoms with van der Waals surface area (Å²) < 4.78 is 17.9. The first-order valence-corrected chi connectivity index (χ1v) is 6.77. The number of methoxy groups -OCH3 is 1. The van der Waals surface area contributed by atoms with Crippen LogP contribution in [0.25, 0.3) is 0 Å². The minimum absolute atomic E-state index is 0.0778. The van der Waals surface area contributed by atoms with Crippen LogP contribution in [-0.4, -0.2) is 23.9 Å². The maximum absolute atomic E-state index is 13.3. The zero-order chi connectivity index (χ0) is 17.9. The Morgan fingerprint density at radius 3 is 2.46 bits per heavy atom. The molecule has 0 saturated carbocycles. The van der Waals surface area contributed by atoms with Crippen molar-refractivity contribution in [2.45, 2.75) is 6.92 Å². The number of aryl methyl sites for hydroxylation is 1. The van der Waals surface area contributed by atoms with E-state index in [1.54, 1.807) is 19.1 Å². The molecular formula is C16H13FN2O5. The number of halogens is 1. The number of amides is 1. The Morgan fingerprint density at radius 2 is 1.83 bits per heavy atom. The van der Waals surface area contributed by atoms with Crippen molar-refractivity contribution in [3.8, 4) is 0 Å². The van der Waals surface area contributed by atoms with E-state index in [9.17, 15) is 24.1 Å². The quantitative estimate of drug-likeness (QED) is 0.527. The van der Waals surface area contributed by atoms with E-state index in [1.807, 2.05) is 0 Å². The van der Waals surface area contributed by atoms with Gasteiger partial charge in [0.15, 0.2) is 0 Å². The molecule has 8 heteroatoms. The van der Waals surface area contributed by atoms with Crippen LogP contribution in [-0.2, 0) is 4.74 Å². The van der Waals surface area contributed by atoms with Gasteiger partial charge in [0.2, 0.25) is 5.82 Å². The van der Waals surface area contributed by atoms with Gasteiger partial charge in [-0.05, 0) is 36.8 Å². The fourth-order valence-corrected chi connectivity index (χ4v) is 1.99. The van der Waals surface area contributed by atoms with Crippen molar-refractivity contribution in [1.82, 2.24) is 0 Å². The molecule has 0 unspecified atom stereocenters. The van der Waals surface area contributed by atoms with Gasteiger partial charge in [0.25, 0.3) is 5.91 Å². The Labute approximate surface area is 136 Å². The number of benzene rings is 2. The molecule has 7 nitrogen and oxygen atoms in total. The molecule has 0 spiro atoms. The number of ether oxygens (including phenoxy) is 1. The number of nitro groups is 1. The van der Waals surface area contributed by atoms with Gasteiger partial charge in [0.1, 0.15) is 0 Å². The van der Waals surface area contributed by atoms with E-state index in [0.717, 1.165) is 18.2 Å². The largest absolute Gasteiger partial charge is 0.465 e. The lowest BCUT2D eigenvalue weighted by Crippen LogP contribution is -2.14. The Kier molecular flexibility index (Phi) is 4.88. The van der Waals surface area contributed by atoms with Crippen LogP contribution < -0.4 is 5.32 Å². The second kappa shape index (κ2) is 6.86. The molecule has 0 aliphatic heterocycles. The normalized spacial score (nSPS) is 10.1. The summed E-state index contributed by atoms with van der Waals surface area (Å²) in [6.07, 6.45) is 0. The zero-order valence-electron chi connectivity index (χ0n) is 12.8. The minimum atomic E-state index is -1.03. The standard InChI is InChI=1S/C16H13FN2O5/c1-9-3-4-11(16(21)24-2)7-13(9)18-15(20)10-5-6-12(17)14(8-10)19(22)23/h3-8H,1-2H3,(H,18,20). The fraction of sp³-hybridized carbons (Fsp3) is 0.125. The van der Waals surface area contributed by atoms with Gasteiger partial charge in [0, 0.05) is 17.3 Å². The average Bonchev–Trinajstić information content (AvgIpc) is 2.56. The number of hydrogen-bond acceptors (Lipinski definition) is 5. The molecule has 0 aliphatic rings. The summed E-state index contributed by atoms with van der Waals surface area (Å²) >= 11 is 0. The van der Waals surface area contributed by atoms with Gasteiger partial charge in [-0.15, -0.1) is 0 Å². The highest BCUT2D eigenvalue weighted by molar-refractivity contribution is 6.05. The third-order valence-electron chi connectivity index (χ3n) is 3.31. The van der Waals surface area contributed by atoms with E-state index in [0.29, 0.717) is 11.3 Å². The molecule has 0 aliphatic carbocycles. The second-order valence-corrected chi connectivity index (χ2v) is 4.90. The lowest BCUT2D eigenvalue weighted by Gasteiger charge is -2.10. The molecule has 0 bridgehead atoms. The molecule has 2 rings (SSSR count). The molecule has 0 aromatic heterocycles. The van der Waals surface area contributed by atoms with E-state index < -0.39 is 28.3 Å². The first-order chi connectivity index (χ1) is 11.3. The third-order valence-corrected chi connectivity index (χ3v) is 3.31. The maximum Gasteiger partial charge on any atom is 0.337 e. The van der Waals surface area contributed by atoms with E-state index in [4.69, 9.17) is 0 Å². The topological polar surface area (TPSA) is 98.5 Å². The summed E-state index contributed by atoms with van der Waals surface area (Å²) in [5.41, 5.74) is 0.389. The Hall–Kier alpha value is -3.29. The van der Waals surface area contributed by atoms with Crippen LogP contribution in [0.1, 0.15) is 26.3 Å². The monoisotopic (exact) mass is 332 g/mol. The molecular weight excluding hydrogens is 319 g/mol. The predicted molar refractivity (Wildman–Crippen MR) is 83.5 cm³/mol. The highest BCUT2D eigenvalue weighted by Crippen LogP contribution is 2.21. The maximum atomic E-state index is 13.3. The van der Waals surface area contributed by atoms with Crippen LogP contribution in [0.3, 0.4) is 0 Å². The van der Waals surface area contributed by atoms with Crippen molar-refractivity contribution in [2.75, 3.05) is 12.4 Å². The molecule has 24 heavy (non-hydrogen) atoms. The number of anilines is 1. The van der Waals surface area contributed by atoms with Gasteiger partial charge < -0.3 is 10.1 Å². The Balaban J connectivity index is 2.31. The molecule has 0 saturated heterocycles. The number of nitrogens with one attached hydrogen (secondary N) is 1. The number of carbonyl (C=O) groups is 2. The third kappa shape index (κ3) is 3.54. The molecule has 2 aromatic carbocycles. The van der Waals surface area contributed by atoms with Gasteiger partial charge in [-0.2, -0.15) is 4.39 Å². The molecule has 1 N–H and O–H groups in total.